The van der Waals surface area contributed by atoms with Crippen LogP contribution in [0.2, 0.25) is 0 Å². The minimum Gasteiger partial charge on any atom is -0.381 e. The maximum Gasteiger partial charge on any atom is 0.0991 e. The molecule has 2 aromatic rings. The summed E-state index contributed by atoms with van der Waals surface area (Å²) < 4.78 is 0. The zero-order chi connectivity index (χ0) is 13.0. The van der Waals surface area contributed by atoms with Gasteiger partial charge >= 0.3 is 0 Å². The summed E-state index contributed by atoms with van der Waals surface area (Å²) in [6, 6.07) is 16.0. The van der Waals surface area contributed by atoms with Gasteiger partial charge in [0.05, 0.1) is 11.6 Å². The van der Waals surface area contributed by atoms with E-state index in [4.69, 9.17) is 5.26 Å². The fraction of sp³-hybridized carbons (Fsp3) is 0.188. The Morgan fingerprint density at radius 3 is 2.17 bits per heavy atom. The summed E-state index contributed by atoms with van der Waals surface area (Å²) in [4.78, 5) is 0. The fourth-order valence-corrected chi connectivity index (χ4v) is 1.98. The number of benzene rings is 2. The minimum absolute atomic E-state index is 0.688. The summed E-state index contributed by atoms with van der Waals surface area (Å²) in [5, 5.41) is 12.1. The lowest BCUT2D eigenvalue weighted by atomic mass is 10.0. The molecule has 0 bridgehead atoms. The van der Waals surface area contributed by atoms with Crippen LogP contribution >= 0.6 is 0 Å². The first-order chi connectivity index (χ1) is 8.70. The highest BCUT2D eigenvalue weighted by atomic mass is 14.9. The second-order valence-electron chi connectivity index (χ2n) is 4.41. The van der Waals surface area contributed by atoms with E-state index in [-0.39, 0.29) is 0 Å². The van der Waals surface area contributed by atoms with E-state index in [9.17, 15) is 0 Å². The number of nitrogens with zero attached hydrogens (tertiary/aromatic N) is 1. The smallest absolute Gasteiger partial charge is 0.0991 e. The molecule has 1 N–H and O–H groups in total. The van der Waals surface area contributed by atoms with Crippen molar-refractivity contribution in [1.29, 1.82) is 5.26 Å². The highest BCUT2D eigenvalue weighted by molar-refractivity contribution is 5.48. The molecule has 0 unspecified atom stereocenters. The Balaban J connectivity index is 2.09. The lowest BCUT2D eigenvalue weighted by Crippen LogP contribution is -2.03. The highest BCUT2D eigenvalue weighted by Crippen LogP contribution is 2.16. The van der Waals surface area contributed by atoms with E-state index < -0.39 is 0 Å². The third-order valence-electron chi connectivity index (χ3n) is 3.13. The number of rotatable bonds is 3. The van der Waals surface area contributed by atoms with Gasteiger partial charge in [0.2, 0.25) is 0 Å². The van der Waals surface area contributed by atoms with Gasteiger partial charge in [-0.1, -0.05) is 18.2 Å². The van der Waals surface area contributed by atoms with Crippen LogP contribution in [0.4, 0.5) is 5.69 Å². The lowest BCUT2D eigenvalue weighted by molar-refractivity contribution is 1.09. The molecule has 18 heavy (non-hydrogen) atoms. The summed E-state index contributed by atoms with van der Waals surface area (Å²) in [6.07, 6.45) is 0. The van der Waals surface area contributed by atoms with Crippen LogP contribution in [0, 0.1) is 25.2 Å². The van der Waals surface area contributed by atoms with Crippen LogP contribution in [0.3, 0.4) is 0 Å². The predicted molar refractivity (Wildman–Crippen MR) is 74.4 cm³/mol. The molecule has 2 nitrogen and oxygen atoms in total. The molecule has 0 saturated carbocycles. The van der Waals surface area contributed by atoms with E-state index in [0.717, 1.165) is 12.2 Å². The van der Waals surface area contributed by atoms with Crippen molar-refractivity contribution < 1.29 is 0 Å². The van der Waals surface area contributed by atoms with Crippen molar-refractivity contribution >= 4 is 5.69 Å². The molecule has 90 valence electrons. The first-order valence-corrected chi connectivity index (χ1v) is 6.00. The van der Waals surface area contributed by atoms with Gasteiger partial charge in [0, 0.05) is 12.2 Å². The monoisotopic (exact) mass is 236 g/mol. The van der Waals surface area contributed by atoms with Gasteiger partial charge in [-0.2, -0.15) is 5.26 Å². The van der Waals surface area contributed by atoms with Crippen LogP contribution in [0.1, 0.15) is 22.3 Å². The normalized spacial score (nSPS) is 9.83. The van der Waals surface area contributed by atoms with Crippen molar-refractivity contribution in [2.75, 3.05) is 5.32 Å². The molecule has 0 aliphatic rings. The van der Waals surface area contributed by atoms with Gasteiger partial charge in [0.1, 0.15) is 0 Å². The van der Waals surface area contributed by atoms with Gasteiger partial charge in [-0.05, 0) is 54.8 Å². The zero-order valence-corrected chi connectivity index (χ0v) is 10.7. The van der Waals surface area contributed by atoms with Crippen molar-refractivity contribution in [1.82, 2.24) is 0 Å². The number of hydrogen-bond acceptors (Lipinski definition) is 2. The first kappa shape index (κ1) is 12.2. The molecule has 0 atom stereocenters. The number of aryl methyl sites for hydroxylation is 2. The number of hydrogen-bond donors (Lipinski definition) is 1. The van der Waals surface area contributed by atoms with Crippen molar-refractivity contribution in [2.24, 2.45) is 0 Å². The Hall–Kier alpha value is -2.27. The molecule has 0 aliphatic heterocycles. The van der Waals surface area contributed by atoms with Crippen molar-refractivity contribution in [3.8, 4) is 6.07 Å². The summed E-state index contributed by atoms with van der Waals surface area (Å²) in [6.45, 7) is 5.07. The lowest BCUT2D eigenvalue weighted by Gasteiger charge is -2.11. The highest BCUT2D eigenvalue weighted by Gasteiger charge is 2.01. The molecule has 0 aliphatic carbocycles. The van der Waals surface area contributed by atoms with E-state index in [1.165, 1.54) is 16.7 Å². The van der Waals surface area contributed by atoms with Crippen LogP contribution in [-0.4, -0.2) is 0 Å². The van der Waals surface area contributed by atoms with Crippen molar-refractivity contribution in [3.05, 3.63) is 64.7 Å². The van der Waals surface area contributed by atoms with Crippen LogP contribution in [0.15, 0.2) is 42.5 Å². The summed E-state index contributed by atoms with van der Waals surface area (Å²) in [5.74, 6) is 0. The third-order valence-corrected chi connectivity index (χ3v) is 3.13. The average Bonchev–Trinajstić information content (AvgIpc) is 2.39. The second kappa shape index (κ2) is 5.37. The van der Waals surface area contributed by atoms with Gasteiger partial charge < -0.3 is 5.32 Å². The van der Waals surface area contributed by atoms with E-state index >= 15 is 0 Å². The second-order valence-corrected chi connectivity index (χ2v) is 4.41. The van der Waals surface area contributed by atoms with Gasteiger partial charge in [-0.3, -0.25) is 0 Å². The van der Waals surface area contributed by atoms with Crippen LogP contribution in [0.25, 0.3) is 0 Å². The fourth-order valence-electron chi connectivity index (χ4n) is 1.98. The molecule has 2 aromatic carbocycles. The van der Waals surface area contributed by atoms with E-state index in [0.29, 0.717) is 5.56 Å². The molecule has 0 radical (unpaired) electrons. The predicted octanol–water partition coefficient (Wildman–Crippen LogP) is 3.79. The van der Waals surface area contributed by atoms with E-state index in [1.54, 1.807) is 0 Å². The molecule has 0 aromatic heterocycles. The van der Waals surface area contributed by atoms with Gasteiger partial charge in [0.15, 0.2) is 0 Å². The maximum absolute atomic E-state index is 8.74. The first-order valence-electron chi connectivity index (χ1n) is 6.00. The Kier molecular flexibility index (Phi) is 3.64. The molecule has 2 rings (SSSR count). The topological polar surface area (TPSA) is 35.8 Å². The molecule has 0 spiro atoms. The number of anilines is 1. The van der Waals surface area contributed by atoms with Crippen LogP contribution in [-0.2, 0) is 6.54 Å². The van der Waals surface area contributed by atoms with Crippen LogP contribution in [0.5, 0.6) is 0 Å². The zero-order valence-electron chi connectivity index (χ0n) is 10.7. The molecule has 0 fully saturated rings. The SMILES string of the molecule is Cc1cccc(C)c1CNc1ccc(C#N)cc1. The molecule has 0 amide bonds. The molecule has 0 heterocycles. The molecule has 2 heteroatoms. The molecular formula is C16H16N2. The van der Waals surface area contributed by atoms with Gasteiger partial charge in [0.25, 0.3) is 0 Å². The molecular weight excluding hydrogens is 220 g/mol. The summed E-state index contributed by atoms with van der Waals surface area (Å²) in [5.41, 5.74) is 5.67. The maximum atomic E-state index is 8.74. The minimum atomic E-state index is 0.688. The average molecular weight is 236 g/mol. The van der Waals surface area contributed by atoms with E-state index in [1.807, 2.05) is 24.3 Å². The molecule has 0 saturated heterocycles. The summed E-state index contributed by atoms with van der Waals surface area (Å²) >= 11 is 0. The Morgan fingerprint density at radius 1 is 1.00 bits per heavy atom. The number of nitrogens with one attached hydrogen (secondary N) is 1. The largest absolute Gasteiger partial charge is 0.381 e. The third kappa shape index (κ3) is 2.70. The number of nitriles is 1. The van der Waals surface area contributed by atoms with Gasteiger partial charge in [-0.15, -0.1) is 0 Å². The van der Waals surface area contributed by atoms with Gasteiger partial charge in [-0.25, -0.2) is 0 Å². The van der Waals surface area contributed by atoms with Crippen LogP contribution < -0.4 is 5.32 Å². The van der Waals surface area contributed by atoms with E-state index in [2.05, 4.69) is 43.4 Å². The Labute approximate surface area is 108 Å². The Morgan fingerprint density at radius 2 is 1.61 bits per heavy atom. The standard InChI is InChI=1S/C16H16N2/c1-12-4-3-5-13(2)16(12)11-18-15-8-6-14(10-17)7-9-15/h3-9,18H,11H2,1-2H3. The Bertz CT molecular complexity index is 557. The van der Waals surface area contributed by atoms with Crippen molar-refractivity contribution in [2.45, 2.75) is 20.4 Å². The van der Waals surface area contributed by atoms with Crippen molar-refractivity contribution in [3.63, 3.8) is 0 Å². The summed E-state index contributed by atoms with van der Waals surface area (Å²) in [7, 11) is 0. The quantitative estimate of drug-likeness (QED) is 0.880.